The molecular weight excluding hydrogens is 531 g/mol. The number of hydrogen-bond acceptors (Lipinski definition) is 6. The van der Waals surface area contributed by atoms with E-state index in [1.807, 2.05) is 36.0 Å². The Kier molecular flexibility index (Phi) is 9.24. The van der Waals surface area contributed by atoms with Gasteiger partial charge in [-0.25, -0.2) is 14.2 Å². The van der Waals surface area contributed by atoms with E-state index in [-0.39, 0.29) is 47.2 Å². The Balaban J connectivity index is 1.26. The number of carbonyl (C=O) groups is 1. The molecule has 1 aliphatic heterocycles. The first-order valence-corrected chi connectivity index (χ1v) is 15.5. The fraction of sp³-hybridized carbons (Fsp3) is 0.533. The number of hydrogen-bond donors (Lipinski definition) is 1. The zero-order valence-corrected chi connectivity index (χ0v) is 23.8. The maximum absolute atomic E-state index is 14.1. The van der Waals surface area contributed by atoms with Gasteiger partial charge in [0.25, 0.3) is 5.56 Å². The summed E-state index contributed by atoms with van der Waals surface area (Å²) >= 11 is 1.85. The van der Waals surface area contributed by atoms with Crippen molar-refractivity contribution in [2.45, 2.75) is 82.8 Å². The Labute approximate surface area is 237 Å². The summed E-state index contributed by atoms with van der Waals surface area (Å²) in [6.45, 7) is 2.81. The second-order valence-corrected chi connectivity index (χ2v) is 12.0. The van der Waals surface area contributed by atoms with Crippen molar-refractivity contribution in [3.8, 4) is 5.75 Å². The van der Waals surface area contributed by atoms with Gasteiger partial charge in [-0.1, -0.05) is 25.5 Å². The molecule has 3 aromatic rings. The van der Waals surface area contributed by atoms with Crippen molar-refractivity contribution in [2.24, 2.45) is 0 Å². The summed E-state index contributed by atoms with van der Waals surface area (Å²) in [6.07, 6.45) is 7.54. The number of halogens is 1. The molecule has 1 aromatic carbocycles. The predicted molar refractivity (Wildman–Crippen MR) is 156 cm³/mol. The summed E-state index contributed by atoms with van der Waals surface area (Å²) in [4.78, 5) is 44.1. The number of ether oxygens (including phenoxy) is 1. The summed E-state index contributed by atoms with van der Waals surface area (Å²) < 4.78 is 22.8. The Morgan fingerprint density at radius 3 is 2.45 bits per heavy atom. The summed E-state index contributed by atoms with van der Waals surface area (Å²) in [7, 11) is 0. The van der Waals surface area contributed by atoms with Gasteiger partial charge in [0.2, 0.25) is 5.91 Å². The van der Waals surface area contributed by atoms with Crippen LogP contribution in [-0.2, 0) is 11.2 Å². The molecule has 0 bridgehead atoms. The molecule has 1 saturated heterocycles. The first-order chi connectivity index (χ1) is 19.4. The molecule has 2 aliphatic rings. The van der Waals surface area contributed by atoms with E-state index in [2.05, 4.69) is 17.2 Å². The molecule has 10 heteroatoms. The maximum atomic E-state index is 14.1. The van der Waals surface area contributed by atoms with Gasteiger partial charge in [0, 0.05) is 18.1 Å². The minimum absolute atomic E-state index is 0.0201. The zero-order valence-electron chi connectivity index (χ0n) is 22.9. The van der Waals surface area contributed by atoms with E-state index < -0.39 is 11.4 Å². The van der Waals surface area contributed by atoms with Crippen LogP contribution in [0.2, 0.25) is 0 Å². The van der Waals surface area contributed by atoms with Gasteiger partial charge in [0.15, 0.2) is 0 Å². The number of unbranched alkanes of at least 4 members (excludes halogenated alkanes) is 1. The summed E-state index contributed by atoms with van der Waals surface area (Å²) in [6, 6.07) is 8.43. The van der Waals surface area contributed by atoms with E-state index in [1.54, 1.807) is 4.57 Å². The highest BCUT2D eigenvalue weighted by atomic mass is 32.2. The Bertz CT molecular complexity index is 1440. The highest BCUT2D eigenvalue weighted by Gasteiger charge is 2.29. The van der Waals surface area contributed by atoms with Crippen molar-refractivity contribution in [3.05, 3.63) is 68.7 Å². The van der Waals surface area contributed by atoms with E-state index in [1.165, 1.54) is 10.6 Å². The predicted octanol–water partition coefficient (Wildman–Crippen LogP) is 4.79. The van der Waals surface area contributed by atoms with Crippen LogP contribution in [0.25, 0.3) is 11.0 Å². The lowest BCUT2D eigenvalue weighted by atomic mass is 9.90. The van der Waals surface area contributed by atoms with E-state index in [4.69, 9.17) is 4.74 Å². The lowest BCUT2D eigenvalue weighted by Gasteiger charge is -2.31. The van der Waals surface area contributed by atoms with Gasteiger partial charge in [-0.2, -0.15) is 11.8 Å². The molecule has 8 nitrogen and oxygen atoms in total. The fourth-order valence-corrected chi connectivity index (χ4v) is 6.86. The topological polar surface area (TPSA) is 95.2 Å². The quantitative estimate of drug-likeness (QED) is 0.373. The Hall–Kier alpha value is -3.14. The van der Waals surface area contributed by atoms with Gasteiger partial charge in [0.05, 0.1) is 24.6 Å². The van der Waals surface area contributed by atoms with Crippen LogP contribution in [0.5, 0.6) is 5.75 Å². The van der Waals surface area contributed by atoms with Gasteiger partial charge >= 0.3 is 5.69 Å². The average molecular weight is 569 g/mol. The van der Waals surface area contributed by atoms with Crippen LogP contribution >= 0.6 is 11.8 Å². The molecule has 0 unspecified atom stereocenters. The number of fused-ring (bicyclic) bond motifs is 1. The largest absolute Gasteiger partial charge is 0.494 e. The minimum atomic E-state index is -0.592. The molecule has 0 spiro atoms. The second-order valence-electron chi connectivity index (χ2n) is 10.8. The van der Waals surface area contributed by atoms with Crippen LogP contribution in [0.1, 0.15) is 75.9 Å². The first-order valence-electron chi connectivity index (χ1n) is 14.4. The van der Waals surface area contributed by atoms with E-state index in [0.717, 1.165) is 54.7 Å². The number of benzene rings is 1. The molecule has 5 rings (SSSR count). The van der Waals surface area contributed by atoms with Crippen molar-refractivity contribution >= 4 is 28.7 Å². The van der Waals surface area contributed by atoms with Gasteiger partial charge in [-0.05, 0) is 80.2 Å². The minimum Gasteiger partial charge on any atom is -0.494 e. The maximum Gasteiger partial charge on any atom is 0.333 e. The Morgan fingerprint density at radius 2 is 1.75 bits per heavy atom. The highest BCUT2D eigenvalue weighted by molar-refractivity contribution is 7.99. The second kappa shape index (κ2) is 13.0. The molecule has 40 heavy (non-hydrogen) atoms. The van der Waals surface area contributed by atoms with E-state index in [0.29, 0.717) is 32.3 Å². The summed E-state index contributed by atoms with van der Waals surface area (Å²) in [5.41, 5.74) is 0.344. The van der Waals surface area contributed by atoms with Crippen LogP contribution in [0.15, 0.2) is 46.1 Å². The number of rotatable bonds is 9. The van der Waals surface area contributed by atoms with Crippen molar-refractivity contribution in [3.63, 3.8) is 0 Å². The van der Waals surface area contributed by atoms with E-state index in [9.17, 15) is 18.8 Å². The number of pyridine rings is 1. The first kappa shape index (κ1) is 28.4. The molecule has 1 saturated carbocycles. The number of nitrogens with zero attached hydrogens (tertiary/aromatic N) is 3. The number of amides is 1. The van der Waals surface area contributed by atoms with Crippen LogP contribution < -0.4 is 21.3 Å². The van der Waals surface area contributed by atoms with Gasteiger partial charge in [0.1, 0.15) is 17.2 Å². The monoisotopic (exact) mass is 568 g/mol. The normalized spacial score (nSPS) is 19.9. The molecule has 2 fully saturated rings. The lowest BCUT2D eigenvalue weighted by molar-refractivity contribution is -0.121. The third-order valence-electron chi connectivity index (χ3n) is 7.96. The molecule has 1 amide bonds. The third kappa shape index (κ3) is 6.43. The van der Waals surface area contributed by atoms with Gasteiger partial charge < -0.3 is 10.1 Å². The number of carbonyl (C=O) groups excluding carboxylic acids is 1. The molecule has 3 heterocycles. The third-order valence-corrected chi connectivity index (χ3v) is 9.01. The molecule has 0 atom stereocenters. The Morgan fingerprint density at radius 1 is 1.05 bits per heavy atom. The summed E-state index contributed by atoms with van der Waals surface area (Å²) in [5, 5.41) is 3.27. The summed E-state index contributed by atoms with van der Waals surface area (Å²) in [5.74, 6) is 2.02. The molecular formula is C30H37FN4O4S. The average Bonchev–Trinajstić information content (AvgIpc) is 2.96. The van der Waals surface area contributed by atoms with Crippen LogP contribution in [0.4, 0.5) is 4.39 Å². The molecule has 1 aliphatic carbocycles. The van der Waals surface area contributed by atoms with Crippen LogP contribution in [-0.4, -0.2) is 44.2 Å². The molecule has 1 N–H and O–H groups in total. The van der Waals surface area contributed by atoms with Crippen LogP contribution in [0, 0.1) is 5.82 Å². The van der Waals surface area contributed by atoms with Gasteiger partial charge in [-0.15, -0.1) is 0 Å². The van der Waals surface area contributed by atoms with Crippen molar-refractivity contribution in [2.75, 3.05) is 18.1 Å². The number of nitrogens with one attached hydrogen (secondary N) is 1. The fourth-order valence-electron chi connectivity index (χ4n) is 5.78. The molecule has 214 valence electrons. The smallest absolute Gasteiger partial charge is 0.333 e. The molecule has 0 radical (unpaired) electrons. The van der Waals surface area contributed by atoms with Gasteiger partial charge in [-0.3, -0.25) is 18.7 Å². The number of thioether (sulfide) groups is 1. The van der Waals surface area contributed by atoms with Crippen molar-refractivity contribution in [1.29, 1.82) is 0 Å². The SMILES string of the molecule is CCCCOc1ccc(CC(=O)N[C@H]2CC[C@@H](n3c(=O)c4cc(F)cnc4n(C4CCSCC4)c3=O)CC2)cc1. The number of aromatic nitrogens is 3. The molecule has 2 aromatic heterocycles. The van der Waals surface area contributed by atoms with E-state index >= 15 is 0 Å². The zero-order chi connectivity index (χ0) is 28.1. The van der Waals surface area contributed by atoms with Crippen molar-refractivity contribution in [1.82, 2.24) is 19.4 Å². The van der Waals surface area contributed by atoms with Crippen molar-refractivity contribution < 1.29 is 13.9 Å². The highest BCUT2D eigenvalue weighted by Crippen LogP contribution is 2.30. The lowest BCUT2D eigenvalue weighted by Crippen LogP contribution is -2.46. The standard InChI is InChI=1S/C30H37FN4O4S/c1-2-3-14-39-25-10-4-20(5-11-25)17-27(36)33-22-6-8-23(9-7-22)35-29(37)26-18-21(31)19-32-28(26)34(30(35)38)24-12-15-40-16-13-24/h4-5,10-11,18-19,22-24H,2-3,6-9,12-17H2,1H3,(H,33,36)/t22-,23+. The van der Waals surface area contributed by atoms with Crippen LogP contribution in [0.3, 0.4) is 0 Å².